The topological polar surface area (TPSA) is 48.5 Å². The second kappa shape index (κ2) is 11.5. The van der Waals surface area contributed by atoms with E-state index in [4.69, 9.17) is 0 Å². The number of rotatable bonds is 7. The lowest BCUT2D eigenvalue weighted by molar-refractivity contribution is 0.621. The third kappa shape index (κ3) is 6.64. The minimum Gasteiger partial charge on any atom is -0.392 e. The normalized spacial score (nSPS) is 10.3. The van der Waals surface area contributed by atoms with Crippen molar-refractivity contribution in [2.45, 2.75) is 20.8 Å². The Morgan fingerprint density at radius 3 is 2.14 bits per heavy atom. The second-order valence-electron chi connectivity index (χ2n) is 6.54. The van der Waals surface area contributed by atoms with Gasteiger partial charge in [-0.05, 0) is 56.3 Å². The Balaban J connectivity index is 0.000000326. The van der Waals surface area contributed by atoms with E-state index in [1.165, 1.54) is 6.07 Å². The summed E-state index contributed by atoms with van der Waals surface area (Å²) in [7, 11) is 3.67. The van der Waals surface area contributed by atoms with Crippen molar-refractivity contribution in [3.63, 3.8) is 0 Å². The highest BCUT2D eigenvalue weighted by Crippen LogP contribution is 2.27. The zero-order chi connectivity index (χ0) is 22.0. The molecule has 0 radical (unpaired) electrons. The number of nitrogens with one attached hydrogen (secondary N) is 3. The molecule has 0 fully saturated rings. The van der Waals surface area contributed by atoms with Gasteiger partial charge in [-0.1, -0.05) is 37.4 Å². The van der Waals surface area contributed by atoms with Gasteiger partial charge in [0, 0.05) is 31.6 Å². The molecule has 2 aromatic rings. The SMILES string of the molecule is C=C(C)/C(=C\NC)NC(=C)c1c(C)cccc1F.C=Nc1c(C)cccc1NC. The Bertz CT molecular complexity index is 893. The first-order valence-electron chi connectivity index (χ1n) is 9.25. The smallest absolute Gasteiger partial charge is 0.132 e. The molecule has 29 heavy (non-hydrogen) atoms. The molecule has 0 unspecified atom stereocenters. The third-order valence-electron chi connectivity index (χ3n) is 4.22. The first kappa shape index (κ1) is 23.7. The zero-order valence-corrected chi connectivity index (χ0v) is 18.0. The van der Waals surface area contributed by atoms with E-state index in [9.17, 15) is 4.39 Å². The monoisotopic (exact) mass is 394 g/mol. The summed E-state index contributed by atoms with van der Waals surface area (Å²) in [4.78, 5) is 3.93. The maximum Gasteiger partial charge on any atom is 0.132 e. The molecule has 0 aliphatic carbocycles. The van der Waals surface area contributed by atoms with Crippen molar-refractivity contribution in [1.29, 1.82) is 0 Å². The predicted octanol–water partition coefficient (Wildman–Crippen LogP) is 5.70. The molecule has 0 bridgehead atoms. The van der Waals surface area contributed by atoms with E-state index in [1.54, 1.807) is 19.3 Å². The van der Waals surface area contributed by atoms with Crippen molar-refractivity contribution in [3.8, 4) is 0 Å². The van der Waals surface area contributed by atoms with Gasteiger partial charge in [-0.2, -0.15) is 0 Å². The number of halogens is 1. The Morgan fingerprint density at radius 1 is 1.03 bits per heavy atom. The number of allylic oxidation sites excluding steroid dienone is 1. The van der Waals surface area contributed by atoms with E-state index in [1.807, 2.05) is 52.1 Å². The number of aryl methyl sites for hydroxylation is 2. The third-order valence-corrected chi connectivity index (χ3v) is 4.22. The van der Waals surface area contributed by atoms with Crippen LogP contribution in [0.3, 0.4) is 0 Å². The van der Waals surface area contributed by atoms with E-state index in [0.29, 0.717) is 11.3 Å². The van der Waals surface area contributed by atoms with Crippen LogP contribution < -0.4 is 16.0 Å². The summed E-state index contributed by atoms with van der Waals surface area (Å²) in [5.74, 6) is -0.280. The minimum atomic E-state index is -0.280. The first-order valence-corrected chi connectivity index (χ1v) is 9.25. The molecule has 0 aliphatic heterocycles. The number of benzene rings is 2. The van der Waals surface area contributed by atoms with Crippen molar-refractivity contribution in [3.05, 3.63) is 89.5 Å². The van der Waals surface area contributed by atoms with E-state index in [0.717, 1.165) is 33.8 Å². The summed E-state index contributed by atoms with van der Waals surface area (Å²) < 4.78 is 13.8. The molecule has 3 N–H and O–H groups in total. The van der Waals surface area contributed by atoms with Crippen LogP contribution in [0.5, 0.6) is 0 Å². The van der Waals surface area contributed by atoms with Crippen molar-refractivity contribution in [2.24, 2.45) is 4.99 Å². The van der Waals surface area contributed by atoms with Gasteiger partial charge in [0.1, 0.15) is 5.82 Å². The Morgan fingerprint density at radius 2 is 1.66 bits per heavy atom. The van der Waals surface area contributed by atoms with Gasteiger partial charge in [0.25, 0.3) is 0 Å². The lowest BCUT2D eigenvalue weighted by Crippen LogP contribution is -2.16. The molecule has 0 aromatic heterocycles. The standard InChI is InChI=1S/C15H19FN2.C9H12N2/c1-10(2)14(9-17-5)18-12(4)15-11(3)7-6-8-13(15)16;1-7-5-4-6-8(10-2)9(7)11-3/h6-9,17-18H,1,4H2,2-3,5H3;4-6,10H,3H2,1-2H3/b14-9+;. The van der Waals surface area contributed by atoms with Crippen molar-refractivity contribution in [1.82, 2.24) is 10.6 Å². The van der Waals surface area contributed by atoms with Gasteiger partial charge < -0.3 is 16.0 Å². The van der Waals surface area contributed by atoms with Crippen LogP contribution in [-0.4, -0.2) is 20.8 Å². The van der Waals surface area contributed by atoms with Crippen LogP contribution in [0.2, 0.25) is 0 Å². The highest BCUT2D eigenvalue weighted by Gasteiger charge is 2.10. The van der Waals surface area contributed by atoms with E-state index >= 15 is 0 Å². The molecule has 4 nitrogen and oxygen atoms in total. The summed E-state index contributed by atoms with van der Waals surface area (Å²) >= 11 is 0. The van der Waals surface area contributed by atoms with Gasteiger partial charge in [0.05, 0.1) is 17.1 Å². The highest BCUT2D eigenvalue weighted by molar-refractivity contribution is 5.70. The van der Waals surface area contributed by atoms with Crippen LogP contribution in [0.1, 0.15) is 23.6 Å². The van der Waals surface area contributed by atoms with Crippen LogP contribution in [0.4, 0.5) is 15.8 Å². The van der Waals surface area contributed by atoms with Gasteiger partial charge in [-0.3, -0.25) is 4.99 Å². The molecule has 154 valence electrons. The number of anilines is 1. The largest absolute Gasteiger partial charge is 0.392 e. The molecule has 5 heteroatoms. The van der Waals surface area contributed by atoms with Gasteiger partial charge in [-0.25, -0.2) is 4.39 Å². The highest BCUT2D eigenvalue weighted by atomic mass is 19.1. The fraction of sp³-hybridized carbons (Fsp3) is 0.208. The molecule has 0 spiro atoms. The lowest BCUT2D eigenvalue weighted by Gasteiger charge is -2.16. The van der Waals surface area contributed by atoms with Gasteiger partial charge in [0.15, 0.2) is 0 Å². The van der Waals surface area contributed by atoms with Gasteiger partial charge in [-0.15, -0.1) is 0 Å². The number of nitrogens with zero attached hydrogens (tertiary/aromatic N) is 1. The van der Waals surface area contributed by atoms with Gasteiger partial charge >= 0.3 is 0 Å². The molecule has 0 amide bonds. The molecular formula is C24H31FN4. The fourth-order valence-corrected chi connectivity index (χ4v) is 2.72. The van der Waals surface area contributed by atoms with Crippen molar-refractivity contribution in [2.75, 3.05) is 19.4 Å². The number of aliphatic imine (C=N–C) groups is 1. The number of hydrogen-bond acceptors (Lipinski definition) is 4. The Hall–Kier alpha value is -3.34. The zero-order valence-electron chi connectivity index (χ0n) is 18.0. The van der Waals surface area contributed by atoms with Gasteiger partial charge in [0.2, 0.25) is 0 Å². The van der Waals surface area contributed by atoms with Crippen LogP contribution in [0.15, 0.2) is 72.0 Å². The second-order valence-corrected chi connectivity index (χ2v) is 6.54. The van der Waals surface area contributed by atoms with Crippen molar-refractivity contribution < 1.29 is 4.39 Å². The number of para-hydroxylation sites is 1. The molecule has 2 aromatic carbocycles. The Labute approximate surface area is 174 Å². The first-order chi connectivity index (χ1) is 13.8. The van der Waals surface area contributed by atoms with E-state index < -0.39 is 0 Å². The minimum absolute atomic E-state index is 0.280. The lowest BCUT2D eigenvalue weighted by atomic mass is 10.1. The summed E-state index contributed by atoms with van der Waals surface area (Å²) in [5.41, 5.74) is 6.61. The van der Waals surface area contributed by atoms with Crippen LogP contribution in [0.25, 0.3) is 5.70 Å². The Kier molecular flexibility index (Phi) is 9.39. The van der Waals surface area contributed by atoms with Crippen LogP contribution in [0, 0.1) is 19.7 Å². The number of hydrogen-bond donors (Lipinski definition) is 3. The maximum absolute atomic E-state index is 13.8. The summed E-state index contributed by atoms with van der Waals surface area (Å²) in [6, 6.07) is 11.0. The summed E-state index contributed by atoms with van der Waals surface area (Å²) in [6.45, 7) is 17.0. The summed E-state index contributed by atoms with van der Waals surface area (Å²) in [6.07, 6.45) is 1.77. The molecule has 0 heterocycles. The molecule has 0 aliphatic rings. The van der Waals surface area contributed by atoms with Crippen molar-refractivity contribution >= 4 is 23.8 Å². The van der Waals surface area contributed by atoms with E-state index in [2.05, 4.69) is 40.8 Å². The summed E-state index contributed by atoms with van der Waals surface area (Å²) in [5, 5.41) is 9.05. The van der Waals surface area contributed by atoms with E-state index in [-0.39, 0.29) is 5.82 Å². The average molecular weight is 395 g/mol. The maximum atomic E-state index is 13.8. The molecule has 0 saturated heterocycles. The average Bonchev–Trinajstić information content (AvgIpc) is 2.67. The molecule has 2 rings (SSSR count). The quantitative estimate of drug-likeness (QED) is 0.417. The van der Waals surface area contributed by atoms with Crippen LogP contribution in [-0.2, 0) is 0 Å². The fourth-order valence-electron chi connectivity index (χ4n) is 2.72. The molecular weight excluding hydrogens is 363 g/mol. The molecule has 0 saturated carbocycles. The predicted molar refractivity (Wildman–Crippen MR) is 125 cm³/mol. The molecule has 0 atom stereocenters. The van der Waals surface area contributed by atoms with Crippen LogP contribution >= 0.6 is 0 Å².